The first kappa shape index (κ1) is 23.2. The highest BCUT2D eigenvalue weighted by Gasteiger charge is 2.50. The Bertz CT molecular complexity index is 712. The van der Waals surface area contributed by atoms with Crippen LogP contribution in [0.1, 0.15) is 47.5 Å². The van der Waals surface area contributed by atoms with Gasteiger partial charge in [-0.15, -0.1) is 0 Å². The van der Waals surface area contributed by atoms with Crippen LogP contribution in [0.2, 0.25) is 5.04 Å². The molecule has 0 unspecified atom stereocenters. The molecular formula is C27H37O2Si. The summed E-state index contributed by atoms with van der Waals surface area (Å²) in [6.45, 7) is 12.0. The van der Waals surface area contributed by atoms with Gasteiger partial charge in [-0.1, -0.05) is 95.3 Å². The van der Waals surface area contributed by atoms with Crippen molar-refractivity contribution in [3.63, 3.8) is 0 Å². The lowest BCUT2D eigenvalue weighted by Crippen LogP contribution is -2.67. The maximum atomic E-state index is 7.11. The van der Waals surface area contributed by atoms with Gasteiger partial charge in [-0.2, -0.15) is 0 Å². The van der Waals surface area contributed by atoms with Crippen molar-refractivity contribution < 1.29 is 9.16 Å². The van der Waals surface area contributed by atoms with E-state index in [2.05, 4.69) is 108 Å². The van der Waals surface area contributed by atoms with Crippen LogP contribution < -0.4 is 10.4 Å². The van der Waals surface area contributed by atoms with E-state index in [4.69, 9.17) is 9.16 Å². The molecule has 0 bridgehead atoms. The lowest BCUT2D eigenvalue weighted by atomic mass is 9.92. The van der Waals surface area contributed by atoms with E-state index in [1.54, 1.807) is 0 Å². The highest BCUT2D eigenvalue weighted by atomic mass is 28.4. The molecule has 0 N–H and O–H groups in total. The van der Waals surface area contributed by atoms with E-state index in [9.17, 15) is 0 Å². The fourth-order valence-corrected chi connectivity index (χ4v) is 9.16. The van der Waals surface area contributed by atoms with E-state index in [0.29, 0.717) is 12.5 Å². The predicted molar refractivity (Wildman–Crippen MR) is 129 cm³/mol. The number of hydrogen-bond acceptors (Lipinski definition) is 2. The zero-order chi connectivity index (χ0) is 21.6. The van der Waals surface area contributed by atoms with Gasteiger partial charge in [-0.25, -0.2) is 0 Å². The van der Waals surface area contributed by atoms with Crippen LogP contribution in [0, 0.1) is 25.2 Å². The van der Waals surface area contributed by atoms with Crippen molar-refractivity contribution in [1.29, 1.82) is 0 Å². The third-order valence-electron chi connectivity index (χ3n) is 6.29. The molecule has 1 aliphatic rings. The smallest absolute Gasteiger partial charge is 0.261 e. The molecule has 3 atom stereocenters. The van der Waals surface area contributed by atoms with Gasteiger partial charge in [0.05, 0.1) is 18.8 Å². The van der Waals surface area contributed by atoms with Crippen LogP contribution in [0.5, 0.6) is 0 Å². The molecule has 0 spiro atoms. The van der Waals surface area contributed by atoms with Gasteiger partial charge < -0.3 is 9.16 Å². The Morgan fingerprint density at radius 1 is 0.967 bits per heavy atom. The molecule has 2 aromatic carbocycles. The minimum absolute atomic E-state index is 0.00983. The average Bonchev–Trinajstić information content (AvgIpc) is 2.75. The molecule has 0 saturated carbocycles. The Morgan fingerprint density at radius 3 is 2.03 bits per heavy atom. The summed E-state index contributed by atoms with van der Waals surface area (Å²) in [5.41, 5.74) is 0. The molecule has 161 valence electrons. The summed E-state index contributed by atoms with van der Waals surface area (Å²) in [6.07, 6.45) is 8.91. The highest BCUT2D eigenvalue weighted by molar-refractivity contribution is 6.99. The maximum Gasteiger partial charge on any atom is 0.261 e. The van der Waals surface area contributed by atoms with E-state index in [1.165, 1.54) is 16.8 Å². The van der Waals surface area contributed by atoms with Gasteiger partial charge in [-0.05, 0) is 53.4 Å². The summed E-state index contributed by atoms with van der Waals surface area (Å²) >= 11 is 0. The van der Waals surface area contributed by atoms with Crippen molar-refractivity contribution in [2.75, 3.05) is 6.61 Å². The minimum atomic E-state index is -2.51. The van der Waals surface area contributed by atoms with Crippen molar-refractivity contribution in [2.45, 2.75) is 64.7 Å². The quantitative estimate of drug-likeness (QED) is 0.533. The second-order valence-corrected chi connectivity index (χ2v) is 13.8. The van der Waals surface area contributed by atoms with Crippen LogP contribution in [0.25, 0.3) is 0 Å². The van der Waals surface area contributed by atoms with Crippen LogP contribution in [-0.2, 0) is 9.16 Å². The van der Waals surface area contributed by atoms with Crippen molar-refractivity contribution in [3.8, 4) is 0 Å². The van der Waals surface area contributed by atoms with Gasteiger partial charge in [0.15, 0.2) is 0 Å². The first-order chi connectivity index (χ1) is 14.4. The van der Waals surface area contributed by atoms with Crippen molar-refractivity contribution in [1.82, 2.24) is 0 Å². The summed E-state index contributed by atoms with van der Waals surface area (Å²) in [7, 11) is -2.51. The van der Waals surface area contributed by atoms with Gasteiger partial charge in [0.25, 0.3) is 8.32 Å². The van der Waals surface area contributed by atoms with Gasteiger partial charge >= 0.3 is 0 Å². The SMILES string of the molecule is C[CH][CH][CH][C@@H]1CC[C@@H](C)[C@H](CO[Si](c2ccccc2)(c2ccccc2)C(C)(C)C)O1. The topological polar surface area (TPSA) is 18.5 Å². The van der Waals surface area contributed by atoms with E-state index < -0.39 is 8.32 Å². The third-order valence-corrected chi connectivity index (χ3v) is 11.3. The third kappa shape index (κ3) is 5.07. The molecular weight excluding hydrogens is 384 g/mol. The summed E-state index contributed by atoms with van der Waals surface area (Å²) in [5, 5.41) is 2.64. The Hall–Kier alpha value is -1.42. The average molecular weight is 422 g/mol. The van der Waals surface area contributed by atoms with E-state index in [1.807, 2.05) is 6.92 Å². The van der Waals surface area contributed by atoms with Crippen molar-refractivity contribution >= 4 is 18.7 Å². The van der Waals surface area contributed by atoms with E-state index >= 15 is 0 Å². The number of unbranched alkanes of at least 4 members (excludes halogenated alkanes) is 1. The molecule has 1 fully saturated rings. The first-order valence-corrected chi connectivity index (χ1v) is 13.2. The van der Waals surface area contributed by atoms with Crippen LogP contribution in [0.15, 0.2) is 60.7 Å². The molecule has 0 aliphatic carbocycles. The molecule has 1 heterocycles. The lowest BCUT2D eigenvalue weighted by molar-refractivity contribution is -0.0822. The first-order valence-electron chi connectivity index (χ1n) is 11.2. The van der Waals surface area contributed by atoms with Gasteiger partial charge in [0.1, 0.15) is 0 Å². The van der Waals surface area contributed by atoms with Crippen LogP contribution >= 0.6 is 0 Å². The summed E-state index contributed by atoms with van der Waals surface area (Å²) in [5.74, 6) is 0.499. The fraction of sp³-hybridized carbons (Fsp3) is 0.444. The van der Waals surface area contributed by atoms with Gasteiger partial charge in [0.2, 0.25) is 0 Å². The largest absolute Gasteiger partial charge is 0.405 e. The molecule has 30 heavy (non-hydrogen) atoms. The molecule has 3 radical (unpaired) electrons. The zero-order valence-corrected chi connectivity index (χ0v) is 20.2. The Labute approximate surface area is 185 Å². The Morgan fingerprint density at radius 2 is 1.53 bits per heavy atom. The van der Waals surface area contributed by atoms with Crippen LogP contribution in [0.4, 0.5) is 0 Å². The Kier molecular flexibility index (Phi) is 7.95. The maximum absolute atomic E-state index is 7.11. The predicted octanol–water partition coefficient (Wildman–Crippen LogP) is 5.38. The van der Waals surface area contributed by atoms with Gasteiger partial charge in [-0.3, -0.25) is 0 Å². The minimum Gasteiger partial charge on any atom is -0.405 e. The monoisotopic (exact) mass is 421 g/mol. The molecule has 2 nitrogen and oxygen atoms in total. The Balaban J connectivity index is 1.91. The standard InChI is InChI=1S/C27H37O2Si/c1-6-7-14-23-20-19-22(2)26(29-23)21-28-30(27(3,4)5,24-15-10-8-11-16-24)25-17-12-9-13-18-25/h6-18,22-23,26H,19-21H2,1-5H3/t22-,23-,26+/m1/s1. The molecule has 3 rings (SSSR count). The molecule has 0 aromatic heterocycles. The molecule has 0 amide bonds. The zero-order valence-electron chi connectivity index (χ0n) is 19.2. The fourth-order valence-electron chi connectivity index (χ4n) is 4.59. The molecule has 1 aliphatic heterocycles. The molecule has 1 saturated heterocycles. The van der Waals surface area contributed by atoms with Crippen LogP contribution in [-0.4, -0.2) is 27.1 Å². The molecule has 2 aromatic rings. The number of rotatable bonds is 8. The van der Waals surface area contributed by atoms with Crippen molar-refractivity contribution in [3.05, 3.63) is 79.9 Å². The molecule has 3 heteroatoms. The summed E-state index contributed by atoms with van der Waals surface area (Å²) < 4.78 is 13.6. The van der Waals surface area contributed by atoms with E-state index in [-0.39, 0.29) is 17.2 Å². The normalized spacial score (nSPS) is 22.8. The van der Waals surface area contributed by atoms with Crippen molar-refractivity contribution in [2.24, 2.45) is 5.92 Å². The second kappa shape index (κ2) is 10.3. The number of ether oxygens (including phenoxy) is 1. The summed E-state index contributed by atoms with van der Waals surface area (Å²) in [4.78, 5) is 0. The highest BCUT2D eigenvalue weighted by Crippen LogP contribution is 2.37. The summed E-state index contributed by atoms with van der Waals surface area (Å²) in [6, 6.07) is 21.7. The van der Waals surface area contributed by atoms with Gasteiger partial charge in [0, 0.05) is 0 Å². The second-order valence-electron chi connectivity index (χ2n) is 9.46. The number of benzene rings is 2. The lowest BCUT2D eigenvalue weighted by Gasteiger charge is -2.45. The number of hydrogen-bond donors (Lipinski definition) is 0. The van der Waals surface area contributed by atoms with Crippen LogP contribution in [0.3, 0.4) is 0 Å². The van der Waals surface area contributed by atoms with E-state index in [0.717, 1.165) is 6.42 Å².